The Morgan fingerprint density at radius 3 is 2.65 bits per heavy atom. The predicted octanol–water partition coefficient (Wildman–Crippen LogP) is 2.79. The normalized spacial score (nSPS) is 19.1. The van der Waals surface area contributed by atoms with E-state index >= 15 is 0 Å². The van der Waals surface area contributed by atoms with Crippen LogP contribution in [0.2, 0.25) is 0 Å². The maximum Gasteiger partial charge on any atom is 0.434 e. The largest absolute Gasteiger partial charge is 0.478 e. The molecule has 2 heterocycles. The Kier molecular flexibility index (Phi) is 3.59. The molecule has 1 aliphatic rings. The summed E-state index contributed by atoms with van der Waals surface area (Å²) in [6.07, 6.45) is -3.43. The van der Waals surface area contributed by atoms with E-state index in [2.05, 4.69) is 26.3 Å². The summed E-state index contributed by atoms with van der Waals surface area (Å²) in [5, 5.41) is 14.6. The monoisotopic (exact) mass is 355 g/mol. The van der Waals surface area contributed by atoms with E-state index in [1.807, 2.05) is 0 Å². The minimum absolute atomic E-state index is 0.148. The average Bonchev–Trinajstić information content (AvgIpc) is 2.77. The van der Waals surface area contributed by atoms with Gasteiger partial charge in [0.1, 0.15) is 16.3 Å². The summed E-state index contributed by atoms with van der Waals surface area (Å²) in [4.78, 5) is 10.8. The molecule has 0 spiro atoms. The molecule has 5 nitrogen and oxygen atoms in total. The molecule has 0 aromatic carbocycles. The van der Waals surface area contributed by atoms with Crippen LogP contribution in [0, 0.1) is 0 Å². The third kappa shape index (κ3) is 2.55. The van der Waals surface area contributed by atoms with Crippen molar-refractivity contribution in [1.29, 1.82) is 0 Å². The van der Waals surface area contributed by atoms with E-state index in [9.17, 15) is 22.4 Å². The molecule has 1 atom stereocenters. The van der Waals surface area contributed by atoms with Crippen LogP contribution in [0.5, 0.6) is 0 Å². The standard InChI is InChI=1S/C10H6BrF4N3O2/c11-8-5(12)1-2-6(17-8)18-7(10(13,14)15)4(3-16-18)9(19)20/h1-3,6,17H,(H,19,20). The number of nitrogens with one attached hydrogen (secondary N) is 1. The lowest BCUT2D eigenvalue weighted by atomic mass is 10.2. The summed E-state index contributed by atoms with van der Waals surface area (Å²) in [5.74, 6) is -2.44. The van der Waals surface area contributed by atoms with Crippen LogP contribution in [0.4, 0.5) is 17.6 Å². The molecule has 10 heteroatoms. The summed E-state index contributed by atoms with van der Waals surface area (Å²) in [6, 6.07) is 0. The van der Waals surface area contributed by atoms with Crippen molar-refractivity contribution in [3.8, 4) is 0 Å². The number of allylic oxidation sites excluding steroid dienone is 2. The molecule has 1 aromatic heterocycles. The minimum atomic E-state index is -4.91. The van der Waals surface area contributed by atoms with Crippen molar-refractivity contribution in [2.75, 3.05) is 0 Å². The molecule has 1 aromatic rings. The van der Waals surface area contributed by atoms with E-state index in [-0.39, 0.29) is 4.61 Å². The summed E-state index contributed by atoms with van der Waals surface area (Å²) in [5.41, 5.74) is -2.39. The van der Waals surface area contributed by atoms with E-state index in [0.717, 1.165) is 12.2 Å². The molecule has 0 fully saturated rings. The van der Waals surface area contributed by atoms with Gasteiger partial charge in [0, 0.05) is 0 Å². The van der Waals surface area contributed by atoms with Crippen LogP contribution < -0.4 is 5.32 Å². The molecule has 20 heavy (non-hydrogen) atoms. The van der Waals surface area contributed by atoms with Gasteiger partial charge >= 0.3 is 12.1 Å². The van der Waals surface area contributed by atoms with E-state index in [4.69, 9.17) is 5.11 Å². The maximum absolute atomic E-state index is 13.1. The van der Waals surface area contributed by atoms with Gasteiger partial charge in [-0.2, -0.15) is 18.3 Å². The second-order valence-electron chi connectivity index (χ2n) is 3.76. The van der Waals surface area contributed by atoms with Gasteiger partial charge in [0.25, 0.3) is 0 Å². The number of aromatic nitrogens is 2. The number of alkyl halides is 3. The number of rotatable bonds is 2. The van der Waals surface area contributed by atoms with Gasteiger partial charge < -0.3 is 10.4 Å². The quantitative estimate of drug-likeness (QED) is 0.632. The first-order valence-corrected chi connectivity index (χ1v) is 5.89. The summed E-state index contributed by atoms with van der Waals surface area (Å²) >= 11 is 2.81. The molecule has 0 bridgehead atoms. The Hall–Kier alpha value is -1.84. The molecule has 1 aliphatic heterocycles. The number of carboxylic acids is 1. The maximum atomic E-state index is 13.1. The highest BCUT2D eigenvalue weighted by atomic mass is 79.9. The Morgan fingerprint density at radius 2 is 2.15 bits per heavy atom. The lowest BCUT2D eigenvalue weighted by Gasteiger charge is -2.22. The van der Waals surface area contributed by atoms with Gasteiger partial charge in [-0.3, -0.25) is 0 Å². The van der Waals surface area contributed by atoms with Gasteiger partial charge in [-0.05, 0) is 28.1 Å². The Morgan fingerprint density at radius 1 is 1.50 bits per heavy atom. The van der Waals surface area contributed by atoms with E-state index < -0.39 is 35.4 Å². The summed E-state index contributed by atoms with van der Waals surface area (Å²) in [7, 11) is 0. The van der Waals surface area contributed by atoms with Crippen LogP contribution in [0.25, 0.3) is 0 Å². The van der Waals surface area contributed by atoms with Crippen molar-refractivity contribution in [2.45, 2.75) is 12.3 Å². The lowest BCUT2D eigenvalue weighted by molar-refractivity contribution is -0.145. The van der Waals surface area contributed by atoms with Crippen molar-refractivity contribution in [3.63, 3.8) is 0 Å². The van der Waals surface area contributed by atoms with E-state index in [0.29, 0.717) is 10.9 Å². The SMILES string of the molecule is O=C(O)c1cnn(C2C=CC(F)=C(Br)N2)c1C(F)(F)F. The first-order chi connectivity index (χ1) is 9.21. The van der Waals surface area contributed by atoms with Gasteiger partial charge in [0.15, 0.2) is 11.5 Å². The molecule has 0 amide bonds. The van der Waals surface area contributed by atoms with Crippen LogP contribution >= 0.6 is 15.9 Å². The highest BCUT2D eigenvalue weighted by Gasteiger charge is 2.41. The topological polar surface area (TPSA) is 67.1 Å². The van der Waals surface area contributed by atoms with Gasteiger partial charge in [-0.1, -0.05) is 0 Å². The predicted molar refractivity (Wildman–Crippen MR) is 62.6 cm³/mol. The fraction of sp³-hybridized carbons (Fsp3) is 0.200. The highest BCUT2D eigenvalue weighted by molar-refractivity contribution is 9.11. The van der Waals surface area contributed by atoms with Crippen LogP contribution in [0.1, 0.15) is 22.2 Å². The number of hydrogen-bond acceptors (Lipinski definition) is 3. The van der Waals surface area contributed by atoms with E-state index in [1.54, 1.807) is 0 Å². The number of carboxylic acid groups (broad SMARTS) is 1. The number of carbonyl (C=O) groups is 1. The molecular weight excluding hydrogens is 350 g/mol. The highest BCUT2D eigenvalue weighted by Crippen LogP contribution is 2.34. The van der Waals surface area contributed by atoms with Gasteiger partial charge in [-0.15, -0.1) is 0 Å². The van der Waals surface area contributed by atoms with Crippen LogP contribution in [-0.4, -0.2) is 20.9 Å². The van der Waals surface area contributed by atoms with Crippen molar-refractivity contribution >= 4 is 21.9 Å². The Balaban J connectivity index is 2.49. The number of dihydropyridines is 1. The molecular formula is C10H6BrF4N3O2. The van der Waals surface area contributed by atoms with E-state index in [1.165, 1.54) is 0 Å². The number of halogens is 5. The molecule has 0 saturated carbocycles. The fourth-order valence-electron chi connectivity index (χ4n) is 1.65. The first-order valence-electron chi connectivity index (χ1n) is 5.10. The van der Waals surface area contributed by atoms with Crippen molar-refractivity contribution in [3.05, 3.63) is 40.0 Å². The smallest absolute Gasteiger partial charge is 0.434 e. The zero-order valence-electron chi connectivity index (χ0n) is 9.45. The summed E-state index contributed by atoms with van der Waals surface area (Å²) in [6.45, 7) is 0. The van der Waals surface area contributed by atoms with Crippen LogP contribution in [0.3, 0.4) is 0 Å². The number of hydrogen-bond donors (Lipinski definition) is 2. The molecule has 1 unspecified atom stereocenters. The lowest BCUT2D eigenvalue weighted by Crippen LogP contribution is -2.30. The van der Waals surface area contributed by atoms with Gasteiger partial charge in [0.05, 0.1) is 6.20 Å². The molecule has 2 N–H and O–H groups in total. The number of nitrogens with zero attached hydrogens (tertiary/aromatic N) is 2. The number of aromatic carboxylic acids is 1. The fourth-order valence-corrected chi connectivity index (χ4v) is 2.02. The minimum Gasteiger partial charge on any atom is -0.478 e. The summed E-state index contributed by atoms with van der Waals surface area (Å²) < 4.78 is 52.2. The Labute approximate surface area is 117 Å². The third-order valence-corrected chi connectivity index (χ3v) is 3.07. The van der Waals surface area contributed by atoms with Crippen molar-refractivity contribution in [2.24, 2.45) is 0 Å². The first kappa shape index (κ1) is 14.6. The molecule has 0 aliphatic carbocycles. The van der Waals surface area contributed by atoms with Crippen LogP contribution in [0.15, 0.2) is 28.8 Å². The molecule has 2 rings (SSSR count). The second-order valence-corrected chi connectivity index (χ2v) is 4.56. The molecule has 0 saturated heterocycles. The molecule has 0 radical (unpaired) electrons. The third-order valence-electron chi connectivity index (χ3n) is 2.47. The second kappa shape index (κ2) is 4.93. The Bertz CT molecular complexity index is 621. The van der Waals surface area contributed by atoms with Gasteiger partial charge in [0.2, 0.25) is 0 Å². The van der Waals surface area contributed by atoms with Crippen LogP contribution in [-0.2, 0) is 6.18 Å². The zero-order chi connectivity index (χ0) is 15.1. The van der Waals surface area contributed by atoms with Gasteiger partial charge in [-0.25, -0.2) is 13.9 Å². The molecule has 108 valence electrons. The van der Waals surface area contributed by atoms with Crippen molar-refractivity contribution in [1.82, 2.24) is 15.1 Å². The average molecular weight is 356 g/mol. The van der Waals surface area contributed by atoms with Crippen molar-refractivity contribution < 1.29 is 27.5 Å². The zero-order valence-corrected chi connectivity index (χ0v) is 11.0.